The van der Waals surface area contributed by atoms with Crippen molar-refractivity contribution in [1.82, 2.24) is 15.2 Å². The molecule has 2 heterocycles. The van der Waals surface area contributed by atoms with E-state index in [0.717, 1.165) is 18.8 Å². The zero-order valence-corrected chi connectivity index (χ0v) is 14.3. The smallest absolute Gasteiger partial charge is 0.189 e. The Morgan fingerprint density at radius 1 is 1.55 bits per heavy atom. The summed E-state index contributed by atoms with van der Waals surface area (Å²) in [6.07, 6.45) is 4.30. The van der Waals surface area contributed by atoms with Gasteiger partial charge in [-0.15, -0.1) is 24.0 Å². The second kappa shape index (κ2) is 9.12. The van der Waals surface area contributed by atoms with Crippen molar-refractivity contribution in [2.24, 2.45) is 10.7 Å². The highest BCUT2D eigenvalue weighted by Crippen LogP contribution is 2.15. The van der Waals surface area contributed by atoms with E-state index >= 15 is 0 Å². The largest absolute Gasteiger partial charge is 0.370 e. The van der Waals surface area contributed by atoms with Crippen LogP contribution in [0.4, 0.5) is 0 Å². The third kappa shape index (κ3) is 5.24. The van der Waals surface area contributed by atoms with Crippen LogP contribution in [0, 0.1) is 0 Å². The van der Waals surface area contributed by atoms with Crippen LogP contribution in [0.25, 0.3) is 0 Å². The van der Waals surface area contributed by atoms with Gasteiger partial charge in [-0.05, 0) is 38.1 Å². The Labute approximate surface area is 138 Å². The number of hydrogen-bond donors (Lipinski definition) is 2. The Kier molecular flexibility index (Phi) is 7.83. The summed E-state index contributed by atoms with van der Waals surface area (Å²) in [6.45, 7) is 5.93. The quantitative estimate of drug-likeness (QED) is 0.456. The second-order valence-electron chi connectivity index (χ2n) is 4.83. The van der Waals surface area contributed by atoms with Crippen LogP contribution in [0.5, 0.6) is 0 Å². The number of pyridine rings is 1. The number of likely N-dealkylation sites (N-methyl/N-ethyl adjacent to an activating group) is 1. The molecule has 1 aromatic heterocycles. The number of nitrogens with zero attached hydrogens (tertiary/aromatic N) is 3. The first kappa shape index (κ1) is 17.2. The fourth-order valence-corrected chi connectivity index (χ4v) is 2.48. The highest BCUT2D eigenvalue weighted by atomic mass is 127. The lowest BCUT2D eigenvalue weighted by Gasteiger charge is -2.23. The summed E-state index contributed by atoms with van der Waals surface area (Å²) in [6, 6.07) is 6.40. The van der Waals surface area contributed by atoms with Gasteiger partial charge >= 0.3 is 0 Å². The molecule has 0 saturated carbocycles. The Morgan fingerprint density at radius 3 is 3.10 bits per heavy atom. The van der Waals surface area contributed by atoms with Gasteiger partial charge in [-0.3, -0.25) is 9.88 Å². The third-order valence-corrected chi connectivity index (χ3v) is 3.56. The van der Waals surface area contributed by atoms with Crippen LogP contribution < -0.4 is 11.1 Å². The lowest BCUT2D eigenvalue weighted by molar-refractivity contribution is 0.267. The molecule has 1 aromatic rings. The fraction of sp³-hybridized carbons (Fsp3) is 0.571. The molecule has 1 fully saturated rings. The third-order valence-electron chi connectivity index (χ3n) is 3.56. The summed E-state index contributed by atoms with van der Waals surface area (Å²) in [5.41, 5.74) is 6.81. The fourth-order valence-electron chi connectivity index (χ4n) is 2.48. The van der Waals surface area contributed by atoms with E-state index in [1.165, 1.54) is 19.4 Å². The lowest BCUT2D eigenvalue weighted by Crippen LogP contribution is -2.42. The number of aromatic nitrogens is 1. The molecule has 5 nitrogen and oxygen atoms in total. The van der Waals surface area contributed by atoms with Gasteiger partial charge < -0.3 is 11.1 Å². The first-order chi connectivity index (χ1) is 9.29. The molecule has 2 rings (SSSR count). The van der Waals surface area contributed by atoms with Crippen molar-refractivity contribution in [3.63, 3.8) is 0 Å². The molecule has 112 valence electrons. The van der Waals surface area contributed by atoms with E-state index in [1.807, 2.05) is 18.2 Å². The molecule has 20 heavy (non-hydrogen) atoms. The number of nitrogens with one attached hydrogen (secondary N) is 1. The van der Waals surface area contributed by atoms with Crippen molar-refractivity contribution in [3.8, 4) is 0 Å². The van der Waals surface area contributed by atoms with E-state index in [0.29, 0.717) is 18.5 Å². The van der Waals surface area contributed by atoms with Gasteiger partial charge in [0, 0.05) is 18.8 Å². The Bertz CT molecular complexity index is 409. The van der Waals surface area contributed by atoms with E-state index in [-0.39, 0.29) is 24.0 Å². The molecule has 6 heteroatoms. The van der Waals surface area contributed by atoms with Crippen molar-refractivity contribution in [2.45, 2.75) is 32.4 Å². The molecule has 0 aromatic carbocycles. The molecule has 1 saturated heterocycles. The van der Waals surface area contributed by atoms with Crippen LogP contribution in [-0.2, 0) is 6.54 Å². The van der Waals surface area contributed by atoms with Crippen molar-refractivity contribution in [2.75, 3.05) is 19.6 Å². The Hall–Kier alpha value is -0.890. The minimum absolute atomic E-state index is 0. The van der Waals surface area contributed by atoms with E-state index < -0.39 is 0 Å². The van der Waals surface area contributed by atoms with Gasteiger partial charge in [0.05, 0.1) is 12.2 Å². The molecular formula is C14H24IN5. The summed E-state index contributed by atoms with van der Waals surface area (Å²) >= 11 is 0. The zero-order valence-electron chi connectivity index (χ0n) is 12.0. The minimum atomic E-state index is 0. The molecule has 1 atom stereocenters. The number of hydrogen-bond acceptors (Lipinski definition) is 3. The molecule has 1 aliphatic heterocycles. The highest BCUT2D eigenvalue weighted by molar-refractivity contribution is 14.0. The molecule has 0 amide bonds. The monoisotopic (exact) mass is 389 g/mol. The summed E-state index contributed by atoms with van der Waals surface area (Å²) in [5, 5.41) is 3.22. The van der Waals surface area contributed by atoms with Gasteiger partial charge in [0.15, 0.2) is 5.96 Å². The minimum Gasteiger partial charge on any atom is -0.370 e. The van der Waals surface area contributed by atoms with Crippen molar-refractivity contribution < 1.29 is 0 Å². The zero-order chi connectivity index (χ0) is 13.5. The highest BCUT2D eigenvalue weighted by Gasteiger charge is 2.22. The van der Waals surface area contributed by atoms with E-state index in [4.69, 9.17) is 5.73 Å². The SMILES string of the molecule is CCN1CCCC1CNC(N)=NCc1ccccn1.I. The Morgan fingerprint density at radius 2 is 2.40 bits per heavy atom. The molecular weight excluding hydrogens is 365 g/mol. The summed E-state index contributed by atoms with van der Waals surface area (Å²) in [4.78, 5) is 11.0. The van der Waals surface area contributed by atoms with Crippen LogP contribution in [-0.4, -0.2) is 41.5 Å². The van der Waals surface area contributed by atoms with Gasteiger partial charge in [-0.25, -0.2) is 4.99 Å². The van der Waals surface area contributed by atoms with Crippen LogP contribution in [0.2, 0.25) is 0 Å². The van der Waals surface area contributed by atoms with E-state index in [2.05, 4.69) is 27.1 Å². The topological polar surface area (TPSA) is 66.5 Å². The molecule has 3 N–H and O–H groups in total. The average molecular weight is 389 g/mol. The Balaban J connectivity index is 0.00000200. The normalized spacial score (nSPS) is 19.6. The maximum atomic E-state index is 5.88. The molecule has 1 aliphatic rings. The number of nitrogens with two attached hydrogens (primary N) is 1. The van der Waals surface area contributed by atoms with Crippen LogP contribution in [0.1, 0.15) is 25.5 Å². The first-order valence-corrected chi connectivity index (χ1v) is 6.97. The average Bonchev–Trinajstić information content (AvgIpc) is 2.91. The number of likely N-dealkylation sites (tertiary alicyclic amines) is 1. The van der Waals surface area contributed by atoms with Gasteiger partial charge in [0.25, 0.3) is 0 Å². The second-order valence-corrected chi connectivity index (χ2v) is 4.83. The van der Waals surface area contributed by atoms with E-state index in [9.17, 15) is 0 Å². The predicted molar refractivity (Wildman–Crippen MR) is 93.3 cm³/mol. The van der Waals surface area contributed by atoms with Crippen LogP contribution in [0.3, 0.4) is 0 Å². The van der Waals surface area contributed by atoms with Gasteiger partial charge in [-0.2, -0.15) is 0 Å². The summed E-state index contributed by atoms with van der Waals surface area (Å²) in [5.74, 6) is 0.508. The maximum absolute atomic E-state index is 5.88. The standard InChI is InChI=1S/C14H23N5.HI/c1-2-19-9-5-7-13(19)11-18-14(15)17-10-12-6-3-4-8-16-12;/h3-4,6,8,13H,2,5,7,9-11H2,1H3,(H3,15,17,18);1H. The summed E-state index contributed by atoms with van der Waals surface area (Å²) < 4.78 is 0. The number of rotatable bonds is 5. The molecule has 0 aliphatic carbocycles. The maximum Gasteiger partial charge on any atom is 0.189 e. The lowest BCUT2D eigenvalue weighted by atomic mass is 10.2. The molecule has 0 radical (unpaired) electrons. The van der Waals surface area contributed by atoms with E-state index in [1.54, 1.807) is 6.20 Å². The number of halogens is 1. The number of aliphatic imine (C=N–C) groups is 1. The van der Waals surface area contributed by atoms with Gasteiger partial charge in [0.1, 0.15) is 0 Å². The van der Waals surface area contributed by atoms with Crippen molar-refractivity contribution >= 4 is 29.9 Å². The van der Waals surface area contributed by atoms with Gasteiger partial charge in [-0.1, -0.05) is 13.0 Å². The first-order valence-electron chi connectivity index (χ1n) is 6.97. The predicted octanol–water partition coefficient (Wildman–Crippen LogP) is 1.59. The van der Waals surface area contributed by atoms with Crippen LogP contribution >= 0.6 is 24.0 Å². The summed E-state index contributed by atoms with van der Waals surface area (Å²) in [7, 11) is 0. The van der Waals surface area contributed by atoms with Gasteiger partial charge in [0.2, 0.25) is 0 Å². The van der Waals surface area contributed by atoms with Crippen molar-refractivity contribution in [1.29, 1.82) is 0 Å². The van der Waals surface area contributed by atoms with Crippen LogP contribution in [0.15, 0.2) is 29.4 Å². The molecule has 0 bridgehead atoms. The number of guanidine groups is 1. The molecule has 0 spiro atoms. The molecule has 1 unspecified atom stereocenters. The van der Waals surface area contributed by atoms with Crippen molar-refractivity contribution in [3.05, 3.63) is 30.1 Å².